The van der Waals surface area contributed by atoms with Crippen LogP contribution in [-0.2, 0) is 6.42 Å². The van der Waals surface area contributed by atoms with Crippen LogP contribution in [0.2, 0.25) is 0 Å². The van der Waals surface area contributed by atoms with Crippen molar-refractivity contribution in [1.29, 1.82) is 0 Å². The van der Waals surface area contributed by atoms with Crippen LogP contribution in [0.4, 0.5) is 5.69 Å². The molecule has 0 bridgehead atoms. The highest BCUT2D eigenvalue weighted by Crippen LogP contribution is 2.23. The van der Waals surface area contributed by atoms with Gasteiger partial charge in [0.2, 0.25) is 5.88 Å². The van der Waals surface area contributed by atoms with Gasteiger partial charge in [-0.05, 0) is 44.4 Å². The first-order valence-corrected chi connectivity index (χ1v) is 7.03. The first-order valence-electron chi connectivity index (χ1n) is 7.03. The van der Waals surface area contributed by atoms with Crippen molar-refractivity contribution in [2.75, 3.05) is 12.3 Å². The highest BCUT2D eigenvalue weighted by Gasteiger charge is 2.13. The van der Waals surface area contributed by atoms with E-state index in [4.69, 9.17) is 10.5 Å². The van der Waals surface area contributed by atoms with Gasteiger partial charge in [-0.15, -0.1) is 0 Å². The Hall–Kier alpha value is -2.04. The lowest BCUT2D eigenvalue weighted by molar-refractivity contribution is 0.306. The summed E-state index contributed by atoms with van der Waals surface area (Å²) in [6.45, 7) is 8.87. The molecule has 0 aliphatic carbocycles. The van der Waals surface area contributed by atoms with E-state index in [1.807, 2.05) is 23.7 Å². The number of ether oxygens (including phenoxy) is 1. The number of hydrogen-bond donors (Lipinski definition) is 1. The highest BCUT2D eigenvalue weighted by atomic mass is 16.5. The van der Waals surface area contributed by atoms with Crippen LogP contribution in [0.5, 0.6) is 5.88 Å². The van der Waals surface area contributed by atoms with E-state index in [1.54, 1.807) is 0 Å². The summed E-state index contributed by atoms with van der Waals surface area (Å²) in [5.74, 6) is 1.22. The molecule has 2 N–H and O–H groups in total. The molecule has 0 aromatic carbocycles. The second-order valence-corrected chi connectivity index (χ2v) is 4.83. The van der Waals surface area contributed by atoms with Gasteiger partial charge in [-0.25, -0.2) is 4.68 Å². The van der Waals surface area contributed by atoms with E-state index in [2.05, 4.69) is 30.9 Å². The average molecular weight is 274 g/mol. The zero-order valence-corrected chi connectivity index (χ0v) is 12.6. The van der Waals surface area contributed by atoms with E-state index in [-0.39, 0.29) is 0 Å². The molecule has 5 nitrogen and oxygen atoms in total. The molecule has 0 unspecified atom stereocenters. The van der Waals surface area contributed by atoms with Gasteiger partial charge in [0.05, 0.1) is 18.0 Å². The molecule has 0 saturated heterocycles. The fourth-order valence-corrected chi connectivity index (χ4v) is 2.28. The minimum absolute atomic E-state index is 0.481. The van der Waals surface area contributed by atoms with Crippen molar-refractivity contribution in [3.05, 3.63) is 29.1 Å². The summed E-state index contributed by atoms with van der Waals surface area (Å²) in [6, 6.07) is 3.68. The Balaban J connectivity index is 2.43. The molecule has 2 aromatic heterocycles. The Bertz CT molecular complexity index is 604. The fraction of sp³-hybridized carbons (Fsp3) is 0.467. The standard InChI is InChI=1S/C15H22N4O/c1-5-9-20-15-13(16)7-8-14(17-15)19-11(4)12(6-2)10(3)18-19/h7-8H,5-6,9,16H2,1-4H3. The summed E-state index contributed by atoms with van der Waals surface area (Å²) < 4.78 is 7.43. The maximum Gasteiger partial charge on any atom is 0.239 e. The maximum atomic E-state index is 5.89. The van der Waals surface area contributed by atoms with Crippen molar-refractivity contribution in [2.24, 2.45) is 0 Å². The summed E-state index contributed by atoms with van der Waals surface area (Å²) in [7, 11) is 0. The first kappa shape index (κ1) is 14.4. The van der Waals surface area contributed by atoms with Crippen molar-refractivity contribution >= 4 is 5.69 Å². The number of anilines is 1. The van der Waals surface area contributed by atoms with Gasteiger partial charge in [0.15, 0.2) is 5.82 Å². The Labute approximate surface area is 119 Å². The molecule has 0 fully saturated rings. The van der Waals surface area contributed by atoms with E-state index in [1.165, 1.54) is 5.56 Å². The molecule has 0 radical (unpaired) electrons. The third-order valence-corrected chi connectivity index (χ3v) is 3.33. The second-order valence-electron chi connectivity index (χ2n) is 4.83. The summed E-state index contributed by atoms with van der Waals surface area (Å²) in [4.78, 5) is 4.48. The van der Waals surface area contributed by atoms with Crippen LogP contribution >= 0.6 is 0 Å². The van der Waals surface area contributed by atoms with Gasteiger partial charge in [0.25, 0.3) is 0 Å². The maximum absolute atomic E-state index is 5.89. The predicted octanol–water partition coefficient (Wildman–Crippen LogP) is 2.82. The number of rotatable bonds is 5. The zero-order chi connectivity index (χ0) is 14.7. The Morgan fingerprint density at radius 1 is 1.25 bits per heavy atom. The average Bonchev–Trinajstić information content (AvgIpc) is 2.72. The van der Waals surface area contributed by atoms with Crippen molar-refractivity contribution in [3.8, 4) is 11.7 Å². The topological polar surface area (TPSA) is 66.0 Å². The molecule has 0 saturated carbocycles. The molecule has 0 amide bonds. The minimum atomic E-state index is 0.481. The van der Waals surface area contributed by atoms with Crippen LogP contribution in [0.25, 0.3) is 5.82 Å². The van der Waals surface area contributed by atoms with Gasteiger partial charge in [-0.1, -0.05) is 13.8 Å². The van der Waals surface area contributed by atoms with Gasteiger partial charge < -0.3 is 10.5 Å². The Morgan fingerprint density at radius 2 is 2.00 bits per heavy atom. The lowest BCUT2D eigenvalue weighted by Gasteiger charge is -2.10. The number of aromatic nitrogens is 3. The van der Waals surface area contributed by atoms with E-state index in [0.717, 1.165) is 30.0 Å². The van der Waals surface area contributed by atoms with Crippen LogP contribution in [0, 0.1) is 13.8 Å². The smallest absolute Gasteiger partial charge is 0.239 e. The van der Waals surface area contributed by atoms with Gasteiger partial charge in [-0.2, -0.15) is 10.1 Å². The van der Waals surface area contributed by atoms with E-state index < -0.39 is 0 Å². The van der Waals surface area contributed by atoms with Gasteiger partial charge in [-0.3, -0.25) is 0 Å². The van der Waals surface area contributed by atoms with Crippen LogP contribution in [-0.4, -0.2) is 21.4 Å². The van der Waals surface area contributed by atoms with E-state index in [9.17, 15) is 0 Å². The SMILES string of the molecule is CCCOc1nc(-n2nc(C)c(CC)c2C)ccc1N. The normalized spacial score (nSPS) is 10.8. The third kappa shape index (κ3) is 2.61. The number of nitrogens with two attached hydrogens (primary N) is 1. The summed E-state index contributed by atoms with van der Waals surface area (Å²) in [6.07, 6.45) is 1.89. The summed E-state index contributed by atoms with van der Waals surface area (Å²) >= 11 is 0. The van der Waals surface area contributed by atoms with Crippen LogP contribution in [0.3, 0.4) is 0 Å². The molecule has 0 aliphatic rings. The lowest BCUT2D eigenvalue weighted by atomic mass is 10.1. The quantitative estimate of drug-likeness (QED) is 0.910. The van der Waals surface area contributed by atoms with E-state index >= 15 is 0 Å². The molecule has 0 aliphatic heterocycles. The minimum Gasteiger partial charge on any atom is -0.476 e. The molecule has 2 rings (SSSR count). The lowest BCUT2D eigenvalue weighted by Crippen LogP contribution is -2.07. The molecule has 20 heavy (non-hydrogen) atoms. The molecule has 0 spiro atoms. The van der Waals surface area contributed by atoms with Gasteiger partial charge in [0.1, 0.15) is 0 Å². The van der Waals surface area contributed by atoms with Crippen molar-refractivity contribution in [2.45, 2.75) is 40.5 Å². The highest BCUT2D eigenvalue weighted by molar-refractivity contribution is 5.51. The molecule has 2 aromatic rings. The fourth-order valence-electron chi connectivity index (χ4n) is 2.28. The van der Waals surface area contributed by atoms with Crippen molar-refractivity contribution < 1.29 is 4.74 Å². The van der Waals surface area contributed by atoms with Crippen LogP contribution in [0.15, 0.2) is 12.1 Å². The van der Waals surface area contributed by atoms with Gasteiger partial charge in [0, 0.05) is 5.69 Å². The largest absolute Gasteiger partial charge is 0.476 e. The van der Waals surface area contributed by atoms with Crippen LogP contribution in [0.1, 0.15) is 37.2 Å². The molecule has 108 valence electrons. The number of pyridine rings is 1. The Morgan fingerprint density at radius 3 is 2.60 bits per heavy atom. The van der Waals surface area contributed by atoms with Crippen molar-refractivity contribution in [1.82, 2.24) is 14.8 Å². The van der Waals surface area contributed by atoms with Crippen LogP contribution < -0.4 is 10.5 Å². The monoisotopic (exact) mass is 274 g/mol. The molecule has 5 heteroatoms. The number of nitrogens with zero attached hydrogens (tertiary/aromatic N) is 3. The van der Waals surface area contributed by atoms with Gasteiger partial charge >= 0.3 is 0 Å². The van der Waals surface area contributed by atoms with Crippen molar-refractivity contribution in [3.63, 3.8) is 0 Å². The molecular weight excluding hydrogens is 252 g/mol. The first-order chi connectivity index (χ1) is 9.58. The zero-order valence-electron chi connectivity index (χ0n) is 12.6. The number of hydrogen-bond acceptors (Lipinski definition) is 4. The molecule has 0 atom stereocenters. The summed E-state index contributed by atoms with van der Waals surface area (Å²) in [5.41, 5.74) is 9.86. The van der Waals surface area contributed by atoms with E-state index in [0.29, 0.717) is 18.2 Å². The number of aryl methyl sites for hydroxylation is 1. The predicted molar refractivity (Wildman–Crippen MR) is 80.4 cm³/mol. The molecule has 2 heterocycles. The Kier molecular flexibility index (Phi) is 4.27. The summed E-state index contributed by atoms with van der Waals surface area (Å²) in [5, 5.41) is 4.56. The molecular formula is C15H22N4O. The number of nitrogen functional groups attached to an aromatic ring is 1. The third-order valence-electron chi connectivity index (χ3n) is 3.33. The second kappa shape index (κ2) is 5.94.